The zero-order valence-electron chi connectivity index (χ0n) is 18.3. The Morgan fingerprint density at radius 2 is 1.73 bits per heavy atom. The standard InChI is InChI=1S/C26H34O4/c1-27-21-11-8-19(9-12-21)23-14-10-20-18-22(28-2)13-15-24(20)25(23)6-5-17-30-26-7-3-4-16-29-26/h8-9,11-13,15,18,23,25-26H,3-7,10,14,16-17H2,1-2H3. The summed E-state index contributed by atoms with van der Waals surface area (Å²) in [5.74, 6) is 2.87. The largest absolute Gasteiger partial charge is 0.497 e. The molecular formula is C26H34O4. The molecule has 4 rings (SSSR count). The van der Waals surface area contributed by atoms with Crippen molar-refractivity contribution in [2.24, 2.45) is 0 Å². The Hall–Kier alpha value is -2.04. The van der Waals surface area contributed by atoms with Gasteiger partial charge in [-0.05, 0) is 97.7 Å². The lowest BCUT2D eigenvalue weighted by atomic mass is 9.70. The maximum atomic E-state index is 6.01. The van der Waals surface area contributed by atoms with Crippen LogP contribution in [0.2, 0.25) is 0 Å². The van der Waals surface area contributed by atoms with Crippen LogP contribution in [0, 0.1) is 0 Å². The van der Waals surface area contributed by atoms with Crippen LogP contribution in [0.25, 0.3) is 0 Å². The minimum absolute atomic E-state index is 0.000890. The van der Waals surface area contributed by atoms with Crippen LogP contribution < -0.4 is 9.47 Å². The molecule has 0 spiro atoms. The lowest BCUT2D eigenvalue weighted by Gasteiger charge is -2.35. The number of rotatable bonds is 8. The third-order valence-electron chi connectivity index (χ3n) is 6.61. The predicted molar refractivity (Wildman–Crippen MR) is 119 cm³/mol. The van der Waals surface area contributed by atoms with E-state index in [0.717, 1.165) is 63.2 Å². The molecule has 0 N–H and O–H groups in total. The van der Waals surface area contributed by atoms with Gasteiger partial charge in [0.15, 0.2) is 6.29 Å². The maximum Gasteiger partial charge on any atom is 0.157 e. The van der Waals surface area contributed by atoms with Crippen LogP contribution in [0.1, 0.15) is 67.1 Å². The fraction of sp³-hybridized carbons (Fsp3) is 0.538. The van der Waals surface area contributed by atoms with Gasteiger partial charge < -0.3 is 18.9 Å². The molecule has 0 bridgehead atoms. The van der Waals surface area contributed by atoms with Crippen LogP contribution in [0.4, 0.5) is 0 Å². The smallest absolute Gasteiger partial charge is 0.157 e. The Morgan fingerprint density at radius 3 is 2.47 bits per heavy atom. The highest BCUT2D eigenvalue weighted by molar-refractivity contribution is 5.43. The first kappa shape index (κ1) is 21.2. The van der Waals surface area contributed by atoms with Gasteiger partial charge in [-0.2, -0.15) is 0 Å². The summed E-state index contributed by atoms with van der Waals surface area (Å²) in [5, 5.41) is 0. The summed E-state index contributed by atoms with van der Waals surface area (Å²) in [5.41, 5.74) is 4.30. The minimum Gasteiger partial charge on any atom is -0.497 e. The lowest BCUT2D eigenvalue weighted by molar-refractivity contribution is -0.163. The number of ether oxygens (including phenoxy) is 4. The Bertz CT molecular complexity index is 795. The molecule has 0 saturated carbocycles. The van der Waals surface area contributed by atoms with E-state index < -0.39 is 0 Å². The summed E-state index contributed by atoms with van der Waals surface area (Å²) in [7, 11) is 3.46. The van der Waals surface area contributed by atoms with Crippen LogP contribution in [0.15, 0.2) is 42.5 Å². The van der Waals surface area contributed by atoms with Crippen molar-refractivity contribution in [2.45, 2.75) is 63.1 Å². The van der Waals surface area contributed by atoms with E-state index in [1.807, 2.05) is 0 Å². The zero-order valence-corrected chi connectivity index (χ0v) is 18.3. The van der Waals surface area contributed by atoms with Gasteiger partial charge in [-0.1, -0.05) is 18.2 Å². The highest BCUT2D eigenvalue weighted by atomic mass is 16.7. The molecule has 4 heteroatoms. The molecule has 2 aromatic carbocycles. The number of benzene rings is 2. The second-order valence-corrected chi connectivity index (χ2v) is 8.40. The quantitative estimate of drug-likeness (QED) is 0.512. The summed E-state index contributed by atoms with van der Waals surface area (Å²) in [4.78, 5) is 0. The van der Waals surface area contributed by atoms with Gasteiger partial charge >= 0.3 is 0 Å². The molecule has 1 aliphatic carbocycles. The fourth-order valence-corrected chi connectivity index (χ4v) is 4.98. The second-order valence-electron chi connectivity index (χ2n) is 8.40. The molecule has 0 radical (unpaired) electrons. The Kier molecular flexibility index (Phi) is 7.29. The lowest BCUT2D eigenvalue weighted by Crippen LogP contribution is -2.23. The van der Waals surface area contributed by atoms with Crippen LogP contribution >= 0.6 is 0 Å². The van der Waals surface area contributed by atoms with Crippen LogP contribution in [0.3, 0.4) is 0 Å². The summed E-state index contributed by atoms with van der Waals surface area (Å²) in [6, 6.07) is 15.2. The molecule has 4 nitrogen and oxygen atoms in total. The van der Waals surface area contributed by atoms with Gasteiger partial charge in [0, 0.05) is 13.2 Å². The van der Waals surface area contributed by atoms with Crippen molar-refractivity contribution in [3.05, 3.63) is 59.2 Å². The molecule has 0 aromatic heterocycles. The molecule has 3 atom stereocenters. The van der Waals surface area contributed by atoms with E-state index in [4.69, 9.17) is 18.9 Å². The van der Waals surface area contributed by atoms with E-state index in [0.29, 0.717) is 11.8 Å². The average molecular weight is 411 g/mol. The zero-order chi connectivity index (χ0) is 20.8. The molecule has 1 aliphatic heterocycles. The molecule has 2 aliphatic rings. The monoisotopic (exact) mass is 410 g/mol. The van der Waals surface area contributed by atoms with Gasteiger partial charge in [-0.25, -0.2) is 0 Å². The number of hydrogen-bond donors (Lipinski definition) is 0. The van der Waals surface area contributed by atoms with Crippen molar-refractivity contribution in [2.75, 3.05) is 27.4 Å². The van der Waals surface area contributed by atoms with E-state index in [9.17, 15) is 0 Å². The summed E-state index contributed by atoms with van der Waals surface area (Å²) < 4.78 is 22.6. The summed E-state index contributed by atoms with van der Waals surface area (Å²) in [6.45, 7) is 1.60. The third kappa shape index (κ3) is 4.98. The molecule has 1 heterocycles. The van der Waals surface area contributed by atoms with Crippen LogP contribution in [0.5, 0.6) is 11.5 Å². The first-order chi connectivity index (χ1) is 14.8. The number of methoxy groups -OCH3 is 2. The summed E-state index contributed by atoms with van der Waals surface area (Å²) >= 11 is 0. The Morgan fingerprint density at radius 1 is 0.933 bits per heavy atom. The van der Waals surface area contributed by atoms with E-state index in [2.05, 4.69) is 42.5 Å². The van der Waals surface area contributed by atoms with E-state index >= 15 is 0 Å². The van der Waals surface area contributed by atoms with Gasteiger partial charge in [0.25, 0.3) is 0 Å². The topological polar surface area (TPSA) is 36.9 Å². The molecule has 1 fully saturated rings. The normalized spacial score (nSPS) is 23.6. The molecule has 30 heavy (non-hydrogen) atoms. The first-order valence-corrected chi connectivity index (χ1v) is 11.3. The molecule has 0 amide bonds. The van der Waals surface area contributed by atoms with Crippen molar-refractivity contribution in [3.63, 3.8) is 0 Å². The molecular weight excluding hydrogens is 376 g/mol. The maximum absolute atomic E-state index is 6.01. The fourth-order valence-electron chi connectivity index (χ4n) is 4.98. The van der Waals surface area contributed by atoms with Crippen molar-refractivity contribution < 1.29 is 18.9 Å². The van der Waals surface area contributed by atoms with Crippen LogP contribution in [-0.2, 0) is 15.9 Å². The van der Waals surface area contributed by atoms with Crippen molar-refractivity contribution in [1.29, 1.82) is 0 Å². The Balaban J connectivity index is 1.48. The van der Waals surface area contributed by atoms with Gasteiger partial charge in [0.05, 0.1) is 14.2 Å². The summed E-state index contributed by atoms with van der Waals surface area (Å²) in [6.07, 6.45) is 7.80. The van der Waals surface area contributed by atoms with Gasteiger partial charge in [0.2, 0.25) is 0 Å². The van der Waals surface area contributed by atoms with E-state index in [-0.39, 0.29) is 6.29 Å². The minimum atomic E-state index is -0.000890. The highest BCUT2D eigenvalue weighted by Crippen LogP contribution is 2.46. The van der Waals surface area contributed by atoms with Crippen LogP contribution in [-0.4, -0.2) is 33.7 Å². The second kappa shape index (κ2) is 10.3. The van der Waals surface area contributed by atoms with Crippen molar-refractivity contribution in [3.8, 4) is 11.5 Å². The van der Waals surface area contributed by atoms with E-state index in [1.165, 1.54) is 23.1 Å². The number of hydrogen-bond acceptors (Lipinski definition) is 4. The number of aryl methyl sites for hydroxylation is 1. The van der Waals surface area contributed by atoms with Gasteiger partial charge in [0.1, 0.15) is 11.5 Å². The van der Waals surface area contributed by atoms with E-state index in [1.54, 1.807) is 14.2 Å². The van der Waals surface area contributed by atoms with Crippen molar-refractivity contribution in [1.82, 2.24) is 0 Å². The number of fused-ring (bicyclic) bond motifs is 1. The van der Waals surface area contributed by atoms with Gasteiger partial charge in [-0.15, -0.1) is 0 Å². The predicted octanol–water partition coefficient (Wildman–Crippen LogP) is 5.84. The third-order valence-corrected chi connectivity index (χ3v) is 6.61. The molecule has 3 unspecified atom stereocenters. The first-order valence-electron chi connectivity index (χ1n) is 11.3. The molecule has 1 saturated heterocycles. The average Bonchev–Trinajstić information content (AvgIpc) is 2.82. The van der Waals surface area contributed by atoms with Gasteiger partial charge in [-0.3, -0.25) is 0 Å². The Labute approximate surface area is 180 Å². The van der Waals surface area contributed by atoms with Crippen molar-refractivity contribution >= 4 is 0 Å². The molecule has 2 aromatic rings. The molecule has 162 valence electrons. The highest BCUT2D eigenvalue weighted by Gasteiger charge is 2.30. The SMILES string of the molecule is COc1ccc(C2CCc3cc(OC)ccc3C2CCCOC2CCCCO2)cc1.